The molecule has 0 aliphatic heterocycles. The van der Waals surface area contributed by atoms with Crippen LogP contribution in [0.25, 0.3) is 0 Å². The van der Waals surface area contributed by atoms with Crippen LogP contribution in [0.3, 0.4) is 0 Å². The van der Waals surface area contributed by atoms with Crippen molar-refractivity contribution in [3.8, 4) is 0 Å². The van der Waals surface area contributed by atoms with Gasteiger partial charge in [-0.2, -0.15) is 5.10 Å². The molecule has 0 aliphatic carbocycles. The predicted molar refractivity (Wildman–Crippen MR) is 54.1 cm³/mol. The number of carbonyl (C=O) groups is 1. The largest absolute Gasteiger partial charge is 0.343 e. The Balaban J connectivity index is 2.89. The SMILES string of the molecule is CC(C)c1ccc(C(=O)N(C)C)nn1. The van der Waals surface area contributed by atoms with Crippen LogP contribution in [0.15, 0.2) is 12.1 Å². The third kappa shape index (κ3) is 2.28. The Hall–Kier alpha value is -1.45. The molecule has 0 saturated heterocycles. The summed E-state index contributed by atoms with van der Waals surface area (Å²) in [5.41, 5.74) is 1.29. The van der Waals surface area contributed by atoms with E-state index in [4.69, 9.17) is 0 Å². The van der Waals surface area contributed by atoms with E-state index in [9.17, 15) is 4.79 Å². The maximum absolute atomic E-state index is 11.4. The number of carbonyl (C=O) groups excluding carboxylic acids is 1. The molecular formula is C10H15N3O. The average molecular weight is 193 g/mol. The van der Waals surface area contributed by atoms with Crippen LogP contribution in [-0.4, -0.2) is 35.1 Å². The van der Waals surface area contributed by atoms with Gasteiger partial charge in [0.15, 0.2) is 5.69 Å². The molecule has 0 saturated carbocycles. The Labute approximate surface area is 84.0 Å². The van der Waals surface area contributed by atoms with Crippen molar-refractivity contribution in [2.24, 2.45) is 0 Å². The second-order valence-corrected chi connectivity index (χ2v) is 3.70. The fraction of sp³-hybridized carbons (Fsp3) is 0.500. The third-order valence-corrected chi connectivity index (χ3v) is 1.90. The monoisotopic (exact) mass is 193 g/mol. The molecule has 0 aliphatic rings. The van der Waals surface area contributed by atoms with Gasteiger partial charge in [0.1, 0.15) is 0 Å². The lowest BCUT2D eigenvalue weighted by atomic mass is 10.1. The third-order valence-electron chi connectivity index (χ3n) is 1.90. The molecule has 1 aromatic rings. The molecule has 0 radical (unpaired) electrons. The van der Waals surface area contributed by atoms with Gasteiger partial charge in [0.2, 0.25) is 0 Å². The van der Waals surface area contributed by atoms with E-state index < -0.39 is 0 Å². The van der Waals surface area contributed by atoms with Crippen LogP contribution in [0.4, 0.5) is 0 Å². The molecule has 1 amide bonds. The van der Waals surface area contributed by atoms with Crippen molar-refractivity contribution >= 4 is 5.91 Å². The van der Waals surface area contributed by atoms with E-state index in [-0.39, 0.29) is 5.91 Å². The molecule has 0 spiro atoms. The topological polar surface area (TPSA) is 46.1 Å². The smallest absolute Gasteiger partial charge is 0.273 e. The number of hydrogen-bond donors (Lipinski definition) is 0. The van der Waals surface area contributed by atoms with Crippen molar-refractivity contribution in [1.82, 2.24) is 15.1 Å². The Bertz CT molecular complexity index is 317. The number of hydrogen-bond acceptors (Lipinski definition) is 3. The molecule has 0 unspecified atom stereocenters. The summed E-state index contributed by atoms with van der Waals surface area (Å²) in [6.45, 7) is 4.08. The molecule has 1 heterocycles. The van der Waals surface area contributed by atoms with Crippen LogP contribution in [0, 0.1) is 0 Å². The van der Waals surface area contributed by atoms with Gasteiger partial charge >= 0.3 is 0 Å². The standard InChI is InChI=1S/C10H15N3O/c1-7(2)8-5-6-9(12-11-8)10(14)13(3)4/h5-7H,1-4H3. The minimum absolute atomic E-state index is 0.118. The summed E-state index contributed by atoms with van der Waals surface area (Å²) in [4.78, 5) is 12.9. The minimum Gasteiger partial charge on any atom is -0.343 e. The summed E-state index contributed by atoms with van der Waals surface area (Å²) in [6, 6.07) is 3.55. The first-order valence-corrected chi connectivity index (χ1v) is 4.57. The molecule has 0 atom stereocenters. The molecule has 0 aromatic carbocycles. The second-order valence-electron chi connectivity index (χ2n) is 3.70. The highest BCUT2D eigenvalue weighted by molar-refractivity contribution is 5.91. The summed E-state index contributed by atoms with van der Waals surface area (Å²) in [5.74, 6) is 0.221. The fourth-order valence-corrected chi connectivity index (χ4v) is 0.994. The van der Waals surface area contributed by atoms with Crippen LogP contribution in [0.5, 0.6) is 0 Å². The van der Waals surface area contributed by atoms with Crippen molar-refractivity contribution in [3.63, 3.8) is 0 Å². The zero-order valence-electron chi connectivity index (χ0n) is 8.98. The lowest BCUT2D eigenvalue weighted by Crippen LogP contribution is -2.23. The van der Waals surface area contributed by atoms with E-state index in [0.29, 0.717) is 11.6 Å². The van der Waals surface area contributed by atoms with E-state index >= 15 is 0 Å². The normalized spacial score (nSPS) is 10.4. The lowest BCUT2D eigenvalue weighted by Gasteiger charge is -2.09. The molecule has 1 rings (SSSR count). The highest BCUT2D eigenvalue weighted by atomic mass is 16.2. The molecule has 0 bridgehead atoms. The Kier molecular flexibility index (Phi) is 3.17. The number of aromatic nitrogens is 2. The van der Waals surface area contributed by atoms with Gasteiger partial charge in [0.05, 0.1) is 5.69 Å². The molecular weight excluding hydrogens is 178 g/mol. The van der Waals surface area contributed by atoms with Crippen LogP contribution in [0.2, 0.25) is 0 Å². The highest BCUT2D eigenvalue weighted by Crippen LogP contribution is 2.09. The second kappa shape index (κ2) is 4.17. The average Bonchev–Trinajstić information content (AvgIpc) is 2.16. The predicted octanol–water partition coefficient (Wildman–Crippen LogP) is 1.30. The van der Waals surface area contributed by atoms with Gasteiger partial charge < -0.3 is 4.90 Å². The highest BCUT2D eigenvalue weighted by Gasteiger charge is 2.10. The Morgan fingerprint density at radius 1 is 1.29 bits per heavy atom. The summed E-state index contributed by atoms with van der Waals surface area (Å²) >= 11 is 0. The zero-order chi connectivity index (χ0) is 10.7. The maximum Gasteiger partial charge on any atom is 0.273 e. The molecule has 1 aromatic heterocycles. The summed E-state index contributed by atoms with van der Waals surface area (Å²) < 4.78 is 0. The molecule has 4 nitrogen and oxygen atoms in total. The van der Waals surface area contributed by atoms with Gasteiger partial charge in [-0.15, -0.1) is 5.10 Å². The maximum atomic E-state index is 11.4. The zero-order valence-corrected chi connectivity index (χ0v) is 8.98. The Morgan fingerprint density at radius 3 is 2.29 bits per heavy atom. The Morgan fingerprint density at radius 2 is 1.93 bits per heavy atom. The van der Waals surface area contributed by atoms with Crippen molar-refractivity contribution in [3.05, 3.63) is 23.5 Å². The molecule has 76 valence electrons. The van der Waals surface area contributed by atoms with Crippen molar-refractivity contribution in [2.45, 2.75) is 19.8 Å². The minimum atomic E-state index is -0.118. The lowest BCUT2D eigenvalue weighted by molar-refractivity contribution is 0.0820. The molecule has 0 fully saturated rings. The first-order valence-electron chi connectivity index (χ1n) is 4.57. The molecule has 0 N–H and O–H groups in total. The van der Waals surface area contributed by atoms with Crippen molar-refractivity contribution < 1.29 is 4.79 Å². The van der Waals surface area contributed by atoms with Gasteiger partial charge in [-0.05, 0) is 18.1 Å². The summed E-state index contributed by atoms with van der Waals surface area (Å²) in [7, 11) is 3.39. The van der Waals surface area contributed by atoms with Gasteiger partial charge in [0, 0.05) is 14.1 Å². The van der Waals surface area contributed by atoms with Gasteiger partial charge in [-0.1, -0.05) is 13.8 Å². The van der Waals surface area contributed by atoms with Gasteiger partial charge in [-0.25, -0.2) is 0 Å². The summed E-state index contributed by atoms with van der Waals surface area (Å²) in [5, 5.41) is 7.86. The fourth-order valence-electron chi connectivity index (χ4n) is 0.994. The van der Waals surface area contributed by atoms with Crippen LogP contribution < -0.4 is 0 Å². The van der Waals surface area contributed by atoms with Crippen molar-refractivity contribution in [2.75, 3.05) is 14.1 Å². The number of nitrogens with zero attached hydrogens (tertiary/aromatic N) is 3. The first kappa shape index (κ1) is 10.6. The van der Waals surface area contributed by atoms with E-state index in [1.54, 1.807) is 20.2 Å². The summed E-state index contributed by atoms with van der Waals surface area (Å²) in [6.07, 6.45) is 0. The quantitative estimate of drug-likeness (QED) is 0.711. The number of amides is 1. The van der Waals surface area contributed by atoms with Crippen LogP contribution in [0.1, 0.15) is 35.9 Å². The van der Waals surface area contributed by atoms with E-state index in [1.165, 1.54) is 4.90 Å². The van der Waals surface area contributed by atoms with E-state index in [2.05, 4.69) is 10.2 Å². The van der Waals surface area contributed by atoms with E-state index in [1.807, 2.05) is 19.9 Å². The van der Waals surface area contributed by atoms with Gasteiger partial charge in [-0.3, -0.25) is 4.79 Å². The number of rotatable bonds is 2. The van der Waals surface area contributed by atoms with E-state index in [0.717, 1.165) is 5.69 Å². The van der Waals surface area contributed by atoms with Crippen LogP contribution in [-0.2, 0) is 0 Å². The van der Waals surface area contributed by atoms with Gasteiger partial charge in [0.25, 0.3) is 5.91 Å². The molecule has 14 heavy (non-hydrogen) atoms. The molecule has 4 heteroatoms. The first-order chi connectivity index (χ1) is 6.52. The van der Waals surface area contributed by atoms with Crippen LogP contribution >= 0.6 is 0 Å². The van der Waals surface area contributed by atoms with Crippen molar-refractivity contribution in [1.29, 1.82) is 0 Å².